The summed E-state index contributed by atoms with van der Waals surface area (Å²) >= 11 is 6.03. The first-order valence-electron chi connectivity index (χ1n) is 11.1. The lowest BCUT2D eigenvalue weighted by molar-refractivity contribution is -0.384. The first-order chi connectivity index (χ1) is 16.2. The third-order valence-electron chi connectivity index (χ3n) is 6.17. The van der Waals surface area contributed by atoms with Crippen LogP contribution in [-0.2, 0) is 14.3 Å². The lowest BCUT2D eigenvalue weighted by Gasteiger charge is -2.37. The van der Waals surface area contributed by atoms with E-state index < -0.39 is 16.8 Å². The van der Waals surface area contributed by atoms with Crippen molar-refractivity contribution in [1.29, 1.82) is 0 Å². The fourth-order valence-corrected chi connectivity index (χ4v) is 4.81. The number of nitrogens with zero attached hydrogens (tertiary/aromatic N) is 1. The van der Waals surface area contributed by atoms with Gasteiger partial charge < -0.3 is 10.1 Å². The number of nitrogens with one attached hydrogen (secondary N) is 1. The Morgan fingerprint density at radius 1 is 1.09 bits per heavy atom. The lowest BCUT2D eigenvalue weighted by Crippen LogP contribution is -2.36. The minimum Gasteiger partial charge on any atom is -0.460 e. The highest BCUT2D eigenvalue weighted by atomic mass is 35.5. The van der Waals surface area contributed by atoms with Gasteiger partial charge in [0, 0.05) is 46.5 Å². The predicted molar refractivity (Wildman–Crippen MR) is 128 cm³/mol. The van der Waals surface area contributed by atoms with E-state index in [9.17, 15) is 19.7 Å². The van der Waals surface area contributed by atoms with Crippen molar-refractivity contribution in [2.75, 3.05) is 0 Å². The van der Waals surface area contributed by atoms with Crippen LogP contribution in [0.25, 0.3) is 0 Å². The van der Waals surface area contributed by atoms with Crippen LogP contribution in [-0.4, -0.2) is 22.8 Å². The van der Waals surface area contributed by atoms with Gasteiger partial charge in [0.05, 0.1) is 16.6 Å². The van der Waals surface area contributed by atoms with Crippen molar-refractivity contribution in [2.45, 2.75) is 51.6 Å². The maximum Gasteiger partial charge on any atom is 0.337 e. The number of halogens is 1. The fraction of sp³-hybridized carbons (Fsp3) is 0.308. The quantitative estimate of drug-likeness (QED) is 0.341. The van der Waals surface area contributed by atoms with Crippen LogP contribution in [0.1, 0.15) is 56.6 Å². The Balaban J connectivity index is 1.79. The number of non-ortho nitro benzene ring substituents is 1. The zero-order valence-electron chi connectivity index (χ0n) is 19.1. The van der Waals surface area contributed by atoms with Gasteiger partial charge in [-0.3, -0.25) is 14.9 Å². The molecule has 176 valence electrons. The van der Waals surface area contributed by atoms with Gasteiger partial charge in [-0.1, -0.05) is 35.9 Å². The van der Waals surface area contributed by atoms with Crippen molar-refractivity contribution in [3.05, 3.63) is 97.3 Å². The van der Waals surface area contributed by atoms with Crippen LogP contribution in [0.15, 0.2) is 71.1 Å². The largest absolute Gasteiger partial charge is 0.460 e. The summed E-state index contributed by atoms with van der Waals surface area (Å²) in [5.74, 6) is -1.27. The second-order valence-electron chi connectivity index (χ2n) is 8.87. The predicted octanol–water partition coefficient (Wildman–Crippen LogP) is 5.56. The number of rotatable bonds is 5. The Morgan fingerprint density at radius 2 is 1.71 bits per heavy atom. The summed E-state index contributed by atoms with van der Waals surface area (Å²) in [5.41, 5.74) is 3.82. The minimum absolute atomic E-state index is 0.0227. The molecule has 2 aliphatic rings. The smallest absolute Gasteiger partial charge is 0.337 e. The number of nitro benzene ring substituents is 1. The van der Waals surface area contributed by atoms with Crippen LogP contribution >= 0.6 is 11.6 Å². The molecule has 4 rings (SSSR count). The van der Waals surface area contributed by atoms with Crippen LogP contribution in [0.5, 0.6) is 0 Å². The summed E-state index contributed by atoms with van der Waals surface area (Å²) in [4.78, 5) is 37.3. The number of ether oxygens (including phenoxy) is 1. The van der Waals surface area contributed by atoms with Crippen LogP contribution in [0.4, 0.5) is 5.69 Å². The second kappa shape index (κ2) is 9.43. The van der Waals surface area contributed by atoms with Gasteiger partial charge in [-0.2, -0.15) is 0 Å². The SMILES string of the molecule is CC1=C(C(=O)OC(C)C)[C@@H](c2ccc([N+](=O)[O-])cc2)C2=C(C[C@H](c3ccc(Cl)cc3)CC2=O)N1. The number of benzene rings is 2. The molecule has 1 aliphatic carbocycles. The molecule has 0 unspecified atom stereocenters. The van der Waals surface area contributed by atoms with E-state index in [0.717, 1.165) is 11.3 Å². The van der Waals surface area contributed by atoms with Gasteiger partial charge >= 0.3 is 5.97 Å². The molecule has 0 bridgehead atoms. The molecule has 7 nitrogen and oxygen atoms in total. The second-order valence-corrected chi connectivity index (χ2v) is 9.31. The average molecular weight is 481 g/mol. The van der Waals surface area contributed by atoms with Crippen molar-refractivity contribution in [3.63, 3.8) is 0 Å². The lowest BCUT2D eigenvalue weighted by atomic mass is 9.71. The highest BCUT2D eigenvalue weighted by Crippen LogP contribution is 2.46. The highest BCUT2D eigenvalue weighted by Gasteiger charge is 2.41. The van der Waals surface area contributed by atoms with Gasteiger partial charge in [0.25, 0.3) is 5.69 Å². The van der Waals surface area contributed by atoms with E-state index >= 15 is 0 Å². The summed E-state index contributed by atoms with van der Waals surface area (Å²) < 4.78 is 5.50. The van der Waals surface area contributed by atoms with E-state index in [0.29, 0.717) is 33.9 Å². The highest BCUT2D eigenvalue weighted by molar-refractivity contribution is 6.30. The summed E-state index contributed by atoms with van der Waals surface area (Å²) in [6.45, 7) is 5.31. The number of Topliss-reactive ketones (excluding diaryl/α,β-unsaturated/α-hetero) is 1. The molecular weight excluding hydrogens is 456 g/mol. The molecule has 1 aliphatic heterocycles. The third kappa shape index (κ3) is 4.61. The zero-order chi connectivity index (χ0) is 24.6. The summed E-state index contributed by atoms with van der Waals surface area (Å²) in [6.07, 6.45) is 0.546. The summed E-state index contributed by atoms with van der Waals surface area (Å²) in [6, 6.07) is 13.5. The van der Waals surface area contributed by atoms with E-state index in [1.165, 1.54) is 12.1 Å². The normalized spacial score (nSPS) is 20.2. The first-order valence-corrected chi connectivity index (χ1v) is 11.5. The summed E-state index contributed by atoms with van der Waals surface area (Å²) in [7, 11) is 0. The number of dihydropyridines is 1. The van der Waals surface area contributed by atoms with Gasteiger partial charge in [-0.05, 0) is 56.4 Å². The minimum atomic E-state index is -0.665. The molecule has 34 heavy (non-hydrogen) atoms. The number of ketones is 1. The Kier molecular flexibility index (Phi) is 6.57. The van der Waals surface area contributed by atoms with Gasteiger partial charge in [-0.25, -0.2) is 4.79 Å². The maximum atomic E-state index is 13.5. The molecule has 2 atom stereocenters. The molecule has 0 amide bonds. The van der Waals surface area contributed by atoms with Gasteiger partial charge in [-0.15, -0.1) is 0 Å². The van der Waals surface area contributed by atoms with Gasteiger partial charge in [0.2, 0.25) is 0 Å². The molecule has 2 aromatic carbocycles. The van der Waals surface area contributed by atoms with E-state index in [4.69, 9.17) is 16.3 Å². The van der Waals surface area contributed by atoms with E-state index in [1.807, 2.05) is 24.3 Å². The first kappa shape index (κ1) is 23.7. The van der Waals surface area contributed by atoms with Crippen LogP contribution in [0.3, 0.4) is 0 Å². The topological polar surface area (TPSA) is 98.5 Å². The number of carbonyl (C=O) groups is 2. The van der Waals surface area contributed by atoms with Crippen molar-refractivity contribution >= 4 is 29.0 Å². The molecule has 0 radical (unpaired) electrons. The number of allylic oxidation sites excluding steroid dienone is 3. The number of hydrogen-bond acceptors (Lipinski definition) is 6. The van der Waals surface area contributed by atoms with Crippen LogP contribution in [0, 0.1) is 10.1 Å². The molecule has 0 spiro atoms. The standard InChI is InChI=1S/C26H25ClN2O5/c1-14(2)34-26(31)23-15(3)28-21-12-18(16-4-8-19(27)9-5-16)13-22(30)25(21)24(23)17-6-10-20(11-7-17)29(32)33/h4-11,14,18,24,28H,12-13H2,1-3H3/t18-,24+/m0/s1. The Morgan fingerprint density at radius 3 is 2.29 bits per heavy atom. The van der Waals surface area contributed by atoms with Gasteiger partial charge in [0.15, 0.2) is 5.78 Å². The van der Waals surface area contributed by atoms with E-state index in [1.54, 1.807) is 32.9 Å². The Labute approximate surface area is 202 Å². The number of hydrogen-bond donors (Lipinski definition) is 1. The number of carbonyl (C=O) groups excluding carboxylic acids is 2. The molecular formula is C26H25ClN2O5. The van der Waals surface area contributed by atoms with Gasteiger partial charge in [0.1, 0.15) is 0 Å². The Hall–Kier alpha value is -3.45. The van der Waals surface area contributed by atoms with Crippen molar-refractivity contribution in [2.24, 2.45) is 0 Å². The van der Waals surface area contributed by atoms with E-state index in [2.05, 4.69) is 5.32 Å². The zero-order valence-corrected chi connectivity index (χ0v) is 19.9. The van der Waals surface area contributed by atoms with Crippen LogP contribution < -0.4 is 5.32 Å². The molecule has 1 N–H and O–H groups in total. The fourth-order valence-electron chi connectivity index (χ4n) is 4.68. The van der Waals surface area contributed by atoms with E-state index in [-0.39, 0.29) is 29.9 Å². The average Bonchev–Trinajstić information content (AvgIpc) is 2.78. The molecule has 0 saturated heterocycles. The molecule has 2 aromatic rings. The molecule has 0 aromatic heterocycles. The Bertz CT molecular complexity index is 1210. The maximum absolute atomic E-state index is 13.5. The summed E-state index contributed by atoms with van der Waals surface area (Å²) in [5, 5.41) is 15.1. The third-order valence-corrected chi connectivity index (χ3v) is 6.42. The van der Waals surface area contributed by atoms with Crippen molar-refractivity contribution < 1.29 is 19.2 Å². The van der Waals surface area contributed by atoms with Crippen LogP contribution in [0.2, 0.25) is 5.02 Å². The molecule has 8 heteroatoms. The number of nitro groups is 1. The monoisotopic (exact) mass is 480 g/mol. The molecule has 0 fully saturated rings. The van der Waals surface area contributed by atoms with Crippen molar-refractivity contribution in [3.8, 4) is 0 Å². The number of esters is 1. The molecule has 1 heterocycles. The van der Waals surface area contributed by atoms with Crippen molar-refractivity contribution in [1.82, 2.24) is 5.32 Å². The molecule has 0 saturated carbocycles.